The van der Waals surface area contributed by atoms with E-state index in [1.807, 2.05) is 12.1 Å². The topological polar surface area (TPSA) is 37.3 Å². The van der Waals surface area contributed by atoms with Gasteiger partial charge < -0.3 is 5.11 Å². The van der Waals surface area contributed by atoms with Gasteiger partial charge in [0.05, 0.1) is 0 Å². The summed E-state index contributed by atoms with van der Waals surface area (Å²) in [7, 11) is 0. The lowest BCUT2D eigenvalue weighted by Gasteiger charge is -2.15. The number of hydrogen-bond donors (Lipinski definition) is 1. The Hall–Kier alpha value is -1.57. The van der Waals surface area contributed by atoms with Gasteiger partial charge in [-0.2, -0.15) is 0 Å². The number of hydrogen-bond acceptors (Lipinski definition) is 1. The predicted octanol–water partition coefficient (Wildman–Crippen LogP) is 2.41. The van der Waals surface area contributed by atoms with Crippen LogP contribution in [0.25, 0.3) is 6.08 Å². The summed E-state index contributed by atoms with van der Waals surface area (Å²) in [5, 5.41) is 8.86. The van der Waals surface area contributed by atoms with Crippen molar-refractivity contribution in [3.8, 4) is 0 Å². The lowest BCUT2D eigenvalue weighted by molar-refractivity contribution is -0.132. The number of rotatable bonds is 1. The van der Waals surface area contributed by atoms with Gasteiger partial charge in [-0.25, -0.2) is 4.79 Å². The zero-order valence-electron chi connectivity index (χ0n) is 8.08. The summed E-state index contributed by atoms with van der Waals surface area (Å²) in [6, 6.07) is 6.01. The molecule has 0 radical (unpaired) electrons. The first-order chi connectivity index (χ1) is 6.68. The average Bonchev–Trinajstić information content (AvgIpc) is 2.17. The van der Waals surface area contributed by atoms with Crippen molar-refractivity contribution in [3.63, 3.8) is 0 Å². The molecule has 1 aromatic rings. The number of carbonyl (C=O) groups is 1. The van der Waals surface area contributed by atoms with Crippen LogP contribution in [0.15, 0.2) is 23.8 Å². The summed E-state index contributed by atoms with van der Waals surface area (Å²) in [5.74, 6) is -0.794. The molecule has 0 aromatic heterocycles. The molecule has 2 rings (SSSR count). The van der Waals surface area contributed by atoms with Crippen LogP contribution in [0.3, 0.4) is 0 Å². The molecule has 0 atom stereocenters. The SMILES string of the molecule is Cc1cccc2c1CCC(C(=O)O)=C2. The van der Waals surface area contributed by atoms with E-state index in [-0.39, 0.29) is 0 Å². The fraction of sp³-hybridized carbons (Fsp3) is 0.250. The van der Waals surface area contributed by atoms with Crippen molar-refractivity contribution in [2.75, 3.05) is 0 Å². The van der Waals surface area contributed by atoms with Crippen molar-refractivity contribution in [1.29, 1.82) is 0 Å². The summed E-state index contributed by atoms with van der Waals surface area (Å²) in [5.41, 5.74) is 4.12. The van der Waals surface area contributed by atoms with Crippen molar-refractivity contribution in [1.82, 2.24) is 0 Å². The maximum atomic E-state index is 10.8. The quantitative estimate of drug-likeness (QED) is 0.734. The van der Waals surface area contributed by atoms with Gasteiger partial charge in [0.15, 0.2) is 0 Å². The Morgan fingerprint density at radius 2 is 2.14 bits per heavy atom. The van der Waals surface area contributed by atoms with Crippen LogP contribution in [-0.2, 0) is 11.2 Å². The Morgan fingerprint density at radius 3 is 2.86 bits per heavy atom. The first-order valence-electron chi connectivity index (χ1n) is 4.71. The largest absolute Gasteiger partial charge is 0.478 e. The summed E-state index contributed by atoms with van der Waals surface area (Å²) in [6.45, 7) is 2.07. The van der Waals surface area contributed by atoms with Gasteiger partial charge in [0.1, 0.15) is 0 Å². The lowest BCUT2D eigenvalue weighted by Crippen LogP contribution is -2.08. The first-order valence-corrected chi connectivity index (χ1v) is 4.71. The molecule has 0 saturated heterocycles. The second-order valence-electron chi connectivity index (χ2n) is 3.62. The minimum Gasteiger partial charge on any atom is -0.478 e. The molecule has 2 nitrogen and oxygen atoms in total. The number of aryl methyl sites for hydroxylation is 1. The summed E-state index contributed by atoms with van der Waals surface area (Å²) in [4.78, 5) is 10.8. The Bertz CT molecular complexity index is 416. The molecular weight excluding hydrogens is 176 g/mol. The van der Waals surface area contributed by atoms with E-state index in [2.05, 4.69) is 13.0 Å². The zero-order valence-corrected chi connectivity index (χ0v) is 8.08. The molecule has 0 unspecified atom stereocenters. The maximum absolute atomic E-state index is 10.8. The molecule has 1 aliphatic rings. The van der Waals surface area contributed by atoms with Crippen LogP contribution in [0.5, 0.6) is 0 Å². The summed E-state index contributed by atoms with van der Waals surface area (Å²) >= 11 is 0. The standard InChI is InChI=1S/C12H12O2/c1-8-3-2-4-9-7-10(12(13)14)5-6-11(8)9/h2-4,7H,5-6H2,1H3,(H,13,14). The highest BCUT2D eigenvalue weighted by molar-refractivity contribution is 5.93. The minimum atomic E-state index is -0.794. The molecule has 1 aliphatic carbocycles. The van der Waals surface area contributed by atoms with Crippen LogP contribution in [0.4, 0.5) is 0 Å². The number of carboxylic acids is 1. The van der Waals surface area contributed by atoms with Crippen LogP contribution in [0.1, 0.15) is 23.1 Å². The second kappa shape index (κ2) is 3.29. The van der Waals surface area contributed by atoms with E-state index >= 15 is 0 Å². The molecular formula is C12H12O2. The molecule has 0 fully saturated rings. The molecule has 0 saturated carbocycles. The third kappa shape index (κ3) is 1.43. The maximum Gasteiger partial charge on any atom is 0.331 e. The molecule has 1 aromatic carbocycles. The van der Waals surface area contributed by atoms with E-state index in [1.54, 1.807) is 6.08 Å². The van der Waals surface area contributed by atoms with Crippen molar-refractivity contribution >= 4 is 12.0 Å². The van der Waals surface area contributed by atoms with Gasteiger partial charge in [0.25, 0.3) is 0 Å². The van der Waals surface area contributed by atoms with Crippen LogP contribution in [-0.4, -0.2) is 11.1 Å². The predicted molar refractivity (Wildman–Crippen MR) is 55.1 cm³/mol. The van der Waals surface area contributed by atoms with Crippen LogP contribution in [0.2, 0.25) is 0 Å². The Balaban J connectivity index is 2.50. The second-order valence-corrected chi connectivity index (χ2v) is 3.62. The number of aliphatic carboxylic acids is 1. The molecule has 72 valence electrons. The Morgan fingerprint density at radius 1 is 1.36 bits per heavy atom. The van der Waals surface area contributed by atoms with Crippen LogP contribution in [0, 0.1) is 6.92 Å². The van der Waals surface area contributed by atoms with Gasteiger partial charge in [-0.05, 0) is 42.5 Å². The molecule has 1 N–H and O–H groups in total. The highest BCUT2D eigenvalue weighted by atomic mass is 16.4. The molecule has 0 spiro atoms. The molecule has 0 bridgehead atoms. The van der Waals surface area contributed by atoms with Crippen molar-refractivity contribution in [2.24, 2.45) is 0 Å². The van der Waals surface area contributed by atoms with Gasteiger partial charge in [-0.1, -0.05) is 18.2 Å². The number of benzene rings is 1. The average molecular weight is 188 g/mol. The number of carboxylic acid groups (broad SMARTS) is 1. The Kier molecular flexibility index (Phi) is 2.12. The molecule has 14 heavy (non-hydrogen) atoms. The third-order valence-electron chi connectivity index (χ3n) is 2.70. The first kappa shape index (κ1) is 9.00. The van der Waals surface area contributed by atoms with Crippen LogP contribution < -0.4 is 0 Å². The molecule has 2 heteroatoms. The highest BCUT2D eigenvalue weighted by Crippen LogP contribution is 2.26. The summed E-state index contributed by atoms with van der Waals surface area (Å²) in [6.07, 6.45) is 3.28. The fourth-order valence-corrected chi connectivity index (χ4v) is 1.89. The summed E-state index contributed by atoms with van der Waals surface area (Å²) < 4.78 is 0. The van der Waals surface area contributed by atoms with E-state index in [9.17, 15) is 4.79 Å². The Labute approximate surface area is 82.9 Å². The monoisotopic (exact) mass is 188 g/mol. The van der Waals surface area contributed by atoms with Gasteiger partial charge >= 0.3 is 5.97 Å². The van der Waals surface area contributed by atoms with Gasteiger partial charge in [0.2, 0.25) is 0 Å². The van der Waals surface area contributed by atoms with Crippen molar-refractivity contribution < 1.29 is 9.90 Å². The van der Waals surface area contributed by atoms with Crippen LogP contribution >= 0.6 is 0 Å². The third-order valence-corrected chi connectivity index (χ3v) is 2.70. The zero-order chi connectivity index (χ0) is 10.1. The lowest BCUT2D eigenvalue weighted by atomic mass is 9.89. The highest BCUT2D eigenvalue weighted by Gasteiger charge is 2.15. The smallest absolute Gasteiger partial charge is 0.331 e. The normalized spacial score (nSPS) is 14.5. The molecule has 0 amide bonds. The van der Waals surface area contributed by atoms with E-state index < -0.39 is 5.97 Å². The van der Waals surface area contributed by atoms with Gasteiger partial charge in [0, 0.05) is 5.57 Å². The van der Waals surface area contributed by atoms with Gasteiger partial charge in [-0.15, -0.1) is 0 Å². The molecule has 0 aliphatic heterocycles. The fourth-order valence-electron chi connectivity index (χ4n) is 1.89. The van der Waals surface area contributed by atoms with Crippen molar-refractivity contribution in [3.05, 3.63) is 40.5 Å². The van der Waals surface area contributed by atoms with Gasteiger partial charge in [-0.3, -0.25) is 0 Å². The van der Waals surface area contributed by atoms with E-state index in [0.717, 1.165) is 12.0 Å². The minimum absolute atomic E-state index is 0.517. The van der Waals surface area contributed by atoms with Crippen molar-refractivity contribution in [2.45, 2.75) is 19.8 Å². The van der Waals surface area contributed by atoms with E-state index in [1.165, 1.54) is 11.1 Å². The van der Waals surface area contributed by atoms with E-state index in [4.69, 9.17) is 5.11 Å². The molecule has 0 heterocycles. The van der Waals surface area contributed by atoms with E-state index in [0.29, 0.717) is 12.0 Å². The number of fused-ring (bicyclic) bond motifs is 1.